The number of para-hydroxylation sites is 1. The number of nitriles is 1. The lowest BCUT2D eigenvalue weighted by Gasteiger charge is -2.36. The zero-order chi connectivity index (χ0) is 23.9. The molecule has 170 valence electrons. The molecule has 5 heteroatoms. The summed E-state index contributed by atoms with van der Waals surface area (Å²) in [5, 5.41) is 18.4. The van der Waals surface area contributed by atoms with Crippen LogP contribution in [0.1, 0.15) is 47.9 Å². The van der Waals surface area contributed by atoms with Crippen LogP contribution in [0, 0.1) is 17.2 Å². The molecule has 0 bridgehead atoms. The molecule has 0 amide bonds. The van der Waals surface area contributed by atoms with Crippen LogP contribution in [0.2, 0.25) is 0 Å². The first-order valence-corrected chi connectivity index (χ1v) is 12.3. The minimum atomic E-state index is -1.19. The molecule has 34 heavy (non-hydrogen) atoms. The van der Waals surface area contributed by atoms with Crippen molar-refractivity contribution in [3.05, 3.63) is 105 Å². The van der Waals surface area contributed by atoms with Crippen molar-refractivity contribution in [2.24, 2.45) is 5.92 Å². The van der Waals surface area contributed by atoms with Crippen LogP contribution in [0.15, 0.2) is 89.8 Å². The van der Waals surface area contributed by atoms with Crippen molar-refractivity contribution >= 4 is 29.1 Å². The van der Waals surface area contributed by atoms with E-state index in [9.17, 15) is 9.90 Å². The van der Waals surface area contributed by atoms with Gasteiger partial charge in [-0.2, -0.15) is 5.26 Å². The van der Waals surface area contributed by atoms with E-state index in [4.69, 9.17) is 5.26 Å². The van der Waals surface area contributed by atoms with Crippen LogP contribution in [0.3, 0.4) is 0 Å². The third kappa shape index (κ3) is 3.74. The number of carbonyl (C=O) groups is 1. The molecule has 1 aromatic heterocycles. The maximum atomic E-state index is 11.3. The number of nitrogens with zero attached hydrogens (tertiary/aromatic N) is 2. The van der Waals surface area contributed by atoms with Gasteiger partial charge < -0.3 is 10.0 Å². The lowest BCUT2D eigenvalue weighted by atomic mass is 9.74. The Labute approximate surface area is 204 Å². The number of hydrogen-bond acceptors (Lipinski definition) is 4. The summed E-state index contributed by atoms with van der Waals surface area (Å²) in [4.78, 5) is 15.8. The van der Waals surface area contributed by atoms with Crippen molar-refractivity contribution in [2.75, 3.05) is 4.90 Å². The number of benzene rings is 1. The quantitative estimate of drug-likeness (QED) is 0.383. The van der Waals surface area contributed by atoms with Crippen molar-refractivity contribution < 1.29 is 9.90 Å². The molecule has 0 saturated carbocycles. The molecule has 0 spiro atoms. The Balaban J connectivity index is 1.53. The van der Waals surface area contributed by atoms with Crippen LogP contribution in [-0.4, -0.2) is 11.1 Å². The molecule has 0 saturated heterocycles. The molecule has 2 aromatic rings. The van der Waals surface area contributed by atoms with Gasteiger partial charge in [-0.05, 0) is 66.2 Å². The minimum Gasteiger partial charge on any atom is -0.477 e. The van der Waals surface area contributed by atoms with E-state index in [1.165, 1.54) is 27.9 Å². The first-order chi connectivity index (χ1) is 16.4. The molecule has 3 aliphatic rings. The maximum absolute atomic E-state index is 11.3. The molecule has 4 nitrogen and oxygen atoms in total. The molecule has 3 aliphatic carbocycles. The van der Waals surface area contributed by atoms with Gasteiger partial charge >= 0.3 is 5.97 Å². The van der Waals surface area contributed by atoms with Crippen LogP contribution in [0.25, 0.3) is 6.08 Å². The fourth-order valence-corrected chi connectivity index (χ4v) is 6.67. The summed E-state index contributed by atoms with van der Waals surface area (Å²) in [7, 11) is 0. The highest BCUT2D eigenvalue weighted by molar-refractivity contribution is 7.13. The lowest BCUT2D eigenvalue weighted by Crippen LogP contribution is -2.29. The fourth-order valence-electron chi connectivity index (χ4n) is 5.27. The molecule has 1 N–H and O–H groups in total. The number of thiophene rings is 1. The van der Waals surface area contributed by atoms with Crippen molar-refractivity contribution in [3.8, 4) is 6.07 Å². The molecule has 0 fully saturated rings. The van der Waals surface area contributed by atoms with Gasteiger partial charge in [-0.25, -0.2) is 4.79 Å². The van der Waals surface area contributed by atoms with E-state index >= 15 is 0 Å². The van der Waals surface area contributed by atoms with E-state index in [2.05, 4.69) is 85.5 Å². The predicted octanol–water partition coefficient (Wildman–Crippen LogP) is 6.92. The average Bonchev–Trinajstić information content (AvgIpc) is 3.36. The summed E-state index contributed by atoms with van der Waals surface area (Å²) in [6.07, 6.45) is 17.0. The third-order valence-corrected chi connectivity index (χ3v) is 8.19. The number of aliphatic carboxylic acids is 1. The smallest absolute Gasteiger partial charge is 0.346 e. The summed E-state index contributed by atoms with van der Waals surface area (Å²) >= 11 is 1.60. The second-order valence-electron chi connectivity index (χ2n) is 9.42. The summed E-state index contributed by atoms with van der Waals surface area (Å²) in [6, 6.07) is 14.4. The van der Waals surface area contributed by atoms with E-state index < -0.39 is 5.97 Å². The van der Waals surface area contributed by atoms with E-state index in [1.807, 2.05) is 6.07 Å². The number of fused-ring (bicyclic) bond motifs is 3. The Morgan fingerprint density at radius 2 is 2.09 bits per heavy atom. The molecule has 2 atom stereocenters. The van der Waals surface area contributed by atoms with Gasteiger partial charge in [0, 0.05) is 32.8 Å². The first kappa shape index (κ1) is 22.2. The second-order valence-corrected chi connectivity index (χ2v) is 10.5. The molecule has 2 unspecified atom stereocenters. The highest BCUT2D eigenvalue weighted by atomic mass is 32.1. The van der Waals surface area contributed by atoms with Gasteiger partial charge in [0.1, 0.15) is 11.6 Å². The average molecular weight is 467 g/mol. The largest absolute Gasteiger partial charge is 0.477 e. The first-order valence-electron chi connectivity index (χ1n) is 11.5. The Kier molecular flexibility index (Phi) is 5.63. The predicted molar refractivity (Wildman–Crippen MR) is 137 cm³/mol. The van der Waals surface area contributed by atoms with Crippen molar-refractivity contribution in [2.45, 2.75) is 38.0 Å². The number of hydrogen-bond donors (Lipinski definition) is 1. The van der Waals surface area contributed by atoms with E-state index in [0.717, 1.165) is 23.4 Å². The van der Waals surface area contributed by atoms with Crippen molar-refractivity contribution in [1.29, 1.82) is 5.26 Å². The summed E-state index contributed by atoms with van der Waals surface area (Å²) in [5.74, 6) is -0.645. The second kappa shape index (κ2) is 8.62. The van der Waals surface area contributed by atoms with Crippen LogP contribution in [0.4, 0.5) is 5.69 Å². The Bertz CT molecular complexity index is 1330. The molecule has 1 heterocycles. The van der Waals surface area contributed by atoms with Gasteiger partial charge in [0.05, 0.1) is 0 Å². The fraction of sp³-hybridized carbons (Fsp3) is 0.241. The Hall–Kier alpha value is -3.62. The molecule has 0 radical (unpaired) electrons. The SMILES string of the molecule is CC1(C)c2cc(/C=C(\C#N)C(=O)O)sc2C2C=CC(N(C3=CC=CCC3)c3ccccc3)=CC21. The molecular formula is C29H26N2O2S. The van der Waals surface area contributed by atoms with Crippen LogP contribution in [-0.2, 0) is 10.2 Å². The monoisotopic (exact) mass is 466 g/mol. The summed E-state index contributed by atoms with van der Waals surface area (Å²) < 4.78 is 0. The highest BCUT2D eigenvalue weighted by Gasteiger charge is 2.47. The van der Waals surface area contributed by atoms with Gasteiger partial charge in [0.2, 0.25) is 0 Å². The van der Waals surface area contributed by atoms with Crippen molar-refractivity contribution in [3.63, 3.8) is 0 Å². The topological polar surface area (TPSA) is 64.3 Å². The van der Waals surface area contributed by atoms with E-state index in [1.54, 1.807) is 17.4 Å². The number of rotatable bonds is 5. The van der Waals surface area contributed by atoms with Crippen molar-refractivity contribution in [1.82, 2.24) is 0 Å². The standard InChI is InChI=1S/C29H26N2O2S/c1-29(2)25-16-22(31(20-9-5-3-6-10-20)21-11-7-4-8-12-21)13-14-24(25)27-26(29)17-23(34-27)15-19(18-30)28(32)33/h3-7,9-11,13-17,24-25H,8,12H2,1-2H3,(H,32,33)/b19-15+. The summed E-state index contributed by atoms with van der Waals surface area (Å²) in [6.45, 7) is 4.53. The van der Waals surface area contributed by atoms with E-state index in [0.29, 0.717) is 5.92 Å². The number of carboxylic acid groups (broad SMARTS) is 1. The van der Waals surface area contributed by atoms with Gasteiger partial charge in [0.25, 0.3) is 0 Å². The molecule has 0 aliphatic heterocycles. The maximum Gasteiger partial charge on any atom is 0.346 e. The molecular weight excluding hydrogens is 440 g/mol. The lowest BCUT2D eigenvalue weighted by molar-refractivity contribution is -0.132. The molecule has 5 rings (SSSR count). The van der Waals surface area contributed by atoms with E-state index in [-0.39, 0.29) is 16.9 Å². The molecule has 1 aromatic carbocycles. The van der Waals surface area contributed by atoms with Gasteiger partial charge in [-0.3, -0.25) is 0 Å². The third-order valence-electron chi connectivity index (χ3n) is 7.01. The normalized spacial score (nSPS) is 22.3. The highest BCUT2D eigenvalue weighted by Crippen LogP contribution is 2.56. The van der Waals surface area contributed by atoms with Gasteiger partial charge in [0.15, 0.2) is 0 Å². The van der Waals surface area contributed by atoms with Gasteiger partial charge in [-0.15, -0.1) is 11.3 Å². The Morgan fingerprint density at radius 3 is 2.76 bits per heavy atom. The van der Waals surface area contributed by atoms with Crippen LogP contribution < -0.4 is 4.90 Å². The number of allylic oxidation sites excluding steroid dienone is 7. The van der Waals surface area contributed by atoms with Gasteiger partial charge in [-0.1, -0.05) is 56.4 Å². The minimum absolute atomic E-state index is 0.113. The number of anilines is 1. The number of carboxylic acids is 1. The Morgan fingerprint density at radius 1 is 1.29 bits per heavy atom. The zero-order valence-corrected chi connectivity index (χ0v) is 20.0. The zero-order valence-electron chi connectivity index (χ0n) is 19.2. The summed E-state index contributed by atoms with van der Waals surface area (Å²) in [5.41, 5.74) is 4.54. The van der Waals surface area contributed by atoms with Crippen LogP contribution in [0.5, 0.6) is 0 Å². The van der Waals surface area contributed by atoms with Crippen LogP contribution >= 0.6 is 11.3 Å².